The number of carbonyl (C=O) groups is 2. The van der Waals surface area contributed by atoms with Gasteiger partial charge in [-0.05, 0) is 37.8 Å². The van der Waals surface area contributed by atoms with Crippen molar-refractivity contribution in [3.63, 3.8) is 0 Å². The maximum atomic E-state index is 13.1. The molecule has 1 aliphatic heterocycles. The number of nitrogens with zero attached hydrogens (tertiary/aromatic N) is 3. The first kappa shape index (κ1) is 17.7. The first-order valence-electron chi connectivity index (χ1n) is 9.90. The van der Waals surface area contributed by atoms with E-state index < -0.39 is 5.54 Å². The molecule has 1 saturated carbocycles. The van der Waals surface area contributed by atoms with E-state index in [0.29, 0.717) is 0 Å². The summed E-state index contributed by atoms with van der Waals surface area (Å²) in [4.78, 5) is 27.0. The van der Waals surface area contributed by atoms with Crippen molar-refractivity contribution in [2.75, 3.05) is 0 Å². The number of rotatable bonds is 5. The number of nitrogens with one attached hydrogen (secondary N) is 1. The molecule has 1 unspecified atom stereocenters. The van der Waals surface area contributed by atoms with Crippen LogP contribution in [0.5, 0.6) is 0 Å². The van der Waals surface area contributed by atoms with Gasteiger partial charge in [0.2, 0.25) is 0 Å². The van der Waals surface area contributed by atoms with Crippen LogP contribution in [0.3, 0.4) is 0 Å². The van der Waals surface area contributed by atoms with Gasteiger partial charge in [-0.2, -0.15) is 5.10 Å². The zero-order valence-electron chi connectivity index (χ0n) is 16.2. The summed E-state index contributed by atoms with van der Waals surface area (Å²) in [6.07, 6.45) is 3.88. The Morgan fingerprint density at radius 1 is 1.03 bits per heavy atom. The van der Waals surface area contributed by atoms with E-state index in [1.54, 1.807) is 4.68 Å². The third-order valence-corrected chi connectivity index (χ3v) is 5.88. The molecule has 146 valence electrons. The van der Waals surface area contributed by atoms with Gasteiger partial charge >= 0.3 is 6.03 Å². The highest BCUT2D eigenvalue weighted by Gasteiger charge is 2.56. The van der Waals surface area contributed by atoms with Crippen molar-refractivity contribution >= 4 is 11.9 Å². The second-order valence-corrected chi connectivity index (χ2v) is 7.95. The molecule has 2 aliphatic rings. The van der Waals surface area contributed by atoms with Gasteiger partial charge in [-0.15, -0.1) is 0 Å². The Hall–Kier alpha value is -3.41. The fourth-order valence-electron chi connectivity index (χ4n) is 4.04. The van der Waals surface area contributed by atoms with Crippen molar-refractivity contribution in [1.82, 2.24) is 20.0 Å². The molecule has 3 amide bonds. The molecule has 1 saturated heterocycles. The van der Waals surface area contributed by atoms with Crippen molar-refractivity contribution in [3.05, 3.63) is 72.4 Å². The minimum absolute atomic E-state index is 0.142. The molecule has 1 N–H and O–H groups in total. The van der Waals surface area contributed by atoms with Crippen LogP contribution in [0.2, 0.25) is 0 Å². The number of amides is 3. The zero-order valence-corrected chi connectivity index (χ0v) is 16.2. The normalized spacial score (nSPS) is 21.5. The van der Waals surface area contributed by atoms with Crippen molar-refractivity contribution in [3.8, 4) is 16.9 Å². The van der Waals surface area contributed by atoms with Crippen molar-refractivity contribution in [2.45, 2.75) is 31.8 Å². The van der Waals surface area contributed by atoms with E-state index in [-0.39, 0.29) is 24.4 Å². The van der Waals surface area contributed by atoms with E-state index in [2.05, 4.69) is 5.32 Å². The lowest BCUT2D eigenvalue weighted by Crippen LogP contribution is -2.46. The maximum absolute atomic E-state index is 13.1. The average molecular weight is 386 g/mol. The standard InChI is InChI=1S/C23H22N4O2/c1-23(18-12-13-18)21(28)26(22(29)24-23)14-17-15-27(19-10-6-3-7-11-19)25-20(17)16-8-4-2-5-9-16/h2-11,15,18H,12-14H2,1H3,(H,24,29). The van der Waals surface area contributed by atoms with E-state index >= 15 is 0 Å². The quantitative estimate of drug-likeness (QED) is 0.679. The van der Waals surface area contributed by atoms with Gasteiger partial charge in [0.15, 0.2) is 0 Å². The Morgan fingerprint density at radius 3 is 2.34 bits per heavy atom. The van der Waals surface area contributed by atoms with Gasteiger partial charge in [-0.3, -0.25) is 9.69 Å². The van der Waals surface area contributed by atoms with Gasteiger partial charge in [0, 0.05) is 17.3 Å². The van der Waals surface area contributed by atoms with Crippen LogP contribution in [0.1, 0.15) is 25.3 Å². The van der Waals surface area contributed by atoms with E-state index in [0.717, 1.165) is 35.3 Å². The molecular weight excluding hydrogens is 364 g/mol. The number of carbonyl (C=O) groups excluding carboxylic acids is 2. The SMILES string of the molecule is CC1(C2CC2)NC(=O)N(Cc2cn(-c3ccccc3)nc2-c2ccccc2)C1=O. The predicted molar refractivity (Wildman–Crippen MR) is 109 cm³/mol. The number of imide groups is 1. The van der Waals surface area contributed by atoms with E-state index in [4.69, 9.17) is 5.10 Å². The molecule has 1 atom stereocenters. The second-order valence-electron chi connectivity index (χ2n) is 7.95. The fourth-order valence-corrected chi connectivity index (χ4v) is 4.04. The summed E-state index contributed by atoms with van der Waals surface area (Å²) >= 11 is 0. The summed E-state index contributed by atoms with van der Waals surface area (Å²) in [6.45, 7) is 2.04. The topological polar surface area (TPSA) is 67.2 Å². The lowest BCUT2D eigenvalue weighted by Gasteiger charge is -2.20. The number of hydrogen-bond acceptors (Lipinski definition) is 3. The molecule has 6 heteroatoms. The zero-order chi connectivity index (χ0) is 20.0. The van der Waals surface area contributed by atoms with Gasteiger partial charge in [-0.25, -0.2) is 9.48 Å². The van der Waals surface area contributed by atoms with Crippen LogP contribution in [0.15, 0.2) is 66.9 Å². The van der Waals surface area contributed by atoms with Crippen LogP contribution in [0.4, 0.5) is 4.79 Å². The number of hydrogen-bond donors (Lipinski definition) is 1. The monoisotopic (exact) mass is 386 g/mol. The molecular formula is C23H22N4O2. The first-order chi connectivity index (χ1) is 14.1. The molecule has 2 fully saturated rings. The number of urea groups is 1. The molecule has 0 spiro atoms. The van der Waals surface area contributed by atoms with Gasteiger partial charge in [0.05, 0.1) is 17.9 Å². The van der Waals surface area contributed by atoms with Gasteiger partial charge in [0.1, 0.15) is 5.54 Å². The average Bonchev–Trinajstić information content (AvgIpc) is 3.49. The summed E-state index contributed by atoms with van der Waals surface area (Å²) in [6, 6.07) is 19.3. The second kappa shape index (κ2) is 6.58. The van der Waals surface area contributed by atoms with Crippen LogP contribution in [-0.4, -0.2) is 32.2 Å². The Balaban J connectivity index is 1.53. The van der Waals surface area contributed by atoms with Crippen molar-refractivity contribution < 1.29 is 9.59 Å². The summed E-state index contributed by atoms with van der Waals surface area (Å²) in [5, 5.41) is 7.69. The van der Waals surface area contributed by atoms with Crippen LogP contribution in [0.25, 0.3) is 16.9 Å². The van der Waals surface area contributed by atoms with E-state index in [9.17, 15) is 9.59 Å². The van der Waals surface area contributed by atoms with Crippen LogP contribution in [0, 0.1) is 5.92 Å². The van der Waals surface area contributed by atoms with Crippen LogP contribution in [-0.2, 0) is 11.3 Å². The smallest absolute Gasteiger partial charge is 0.323 e. The lowest BCUT2D eigenvalue weighted by atomic mass is 9.96. The van der Waals surface area contributed by atoms with Gasteiger partial charge in [-0.1, -0.05) is 48.5 Å². The summed E-state index contributed by atoms with van der Waals surface area (Å²) in [7, 11) is 0. The van der Waals surface area contributed by atoms with Gasteiger partial charge < -0.3 is 5.32 Å². The highest BCUT2D eigenvalue weighted by atomic mass is 16.2. The third-order valence-electron chi connectivity index (χ3n) is 5.88. The number of benzene rings is 2. The lowest BCUT2D eigenvalue weighted by molar-refractivity contribution is -0.131. The third kappa shape index (κ3) is 3.01. The van der Waals surface area contributed by atoms with E-state index in [1.807, 2.05) is 73.8 Å². The minimum atomic E-state index is -0.778. The molecule has 5 rings (SSSR count). The first-order valence-corrected chi connectivity index (χ1v) is 9.90. The fraction of sp³-hybridized carbons (Fsp3) is 0.261. The summed E-state index contributed by atoms with van der Waals surface area (Å²) in [5.74, 6) is 0.0982. The Labute approximate surface area is 169 Å². The van der Waals surface area contributed by atoms with Crippen molar-refractivity contribution in [1.29, 1.82) is 0 Å². The largest absolute Gasteiger partial charge is 0.325 e. The Bertz CT molecular complexity index is 1070. The molecule has 6 nitrogen and oxygen atoms in total. The van der Waals surface area contributed by atoms with Crippen LogP contribution >= 0.6 is 0 Å². The van der Waals surface area contributed by atoms with Gasteiger partial charge in [0.25, 0.3) is 5.91 Å². The van der Waals surface area contributed by atoms with Crippen LogP contribution < -0.4 is 5.32 Å². The summed E-state index contributed by atoms with van der Waals surface area (Å²) in [5.41, 5.74) is 2.71. The minimum Gasteiger partial charge on any atom is -0.323 e. The number of aromatic nitrogens is 2. The molecule has 2 heterocycles. The van der Waals surface area contributed by atoms with E-state index in [1.165, 1.54) is 4.90 Å². The predicted octanol–water partition coefficient (Wildman–Crippen LogP) is 3.76. The van der Waals surface area contributed by atoms with Crippen molar-refractivity contribution in [2.24, 2.45) is 5.92 Å². The Morgan fingerprint density at radius 2 is 1.69 bits per heavy atom. The molecule has 3 aromatic rings. The molecule has 1 aromatic heterocycles. The molecule has 1 aliphatic carbocycles. The Kier molecular flexibility index (Phi) is 4.01. The molecule has 0 bridgehead atoms. The molecule has 2 aromatic carbocycles. The molecule has 0 radical (unpaired) electrons. The molecule has 29 heavy (non-hydrogen) atoms. The number of para-hydroxylation sites is 1. The maximum Gasteiger partial charge on any atom is 0.325 e. The highest BCUT2D eigenvalue weighted by molar-refractivity contribution is 6.07. The highest BCUT2D eigenvalue weighted by Crippen LogP contribution is 2.43. The summed E-state index contributed by atoms with van der Waals surface area (Å²) < 4.78 is 1.80.